The van der Waals surface area contributed by atoms with E-state index in [-0.39, 0.29) is 12.3 Å². The molecule has 1 aromatic carbocycles. The molecule has 2 rings (SSSR count). The zero-order valence-electron chi connectivity index (χ0n) is 8.82. The van der Waals surface area contributed by atoms with Crippen molar-refractivity contribution in [3.05, 3.63) is 24.3 Å². The van der Waals surface area contributed by atoms with E-state index in [2.05, 4.69) is 15.4 Å². The van der Waals surface area contributed by atoms with Crippen LogP contribution in [0.5, 0.6) is 0 Å². The van der Waals surface area contributed by atoms with Gasteiger partial charge in [-0.1, -0.05) is 12.1 Å². The van der Waals surface area contributed by atoms with Crippen LogP contribution in [-0.2, 0) is 14.3 Å². The lowest BCUT2D eigenvalue weighted by atomic mass is 10.1. The number of carbonyl (C=O) groups is 2. The molecule has 0 aliphatic carbocycles. The van der Waals surface area contributed by atoms with E-state index in [1.807, 2.05) is 18.2 Å². The number of ether oxygens (including phenoxy) is 1. The van der Waals surface area contributed by atoms with Crippen molar-refractivity contribution in [1.29, 1.82) is 0 Å². The smallest absolute Gasteiger partial charge is 0.308 e. The van der Waals surface area contributed by atoms with Crippen LogP contribution in [0.2, 0.25) is 0 Å². The number of benzene rings is 1. The van der Waals surface area contributed by atoms with E-state index in [0.717, 1.165) is 11.4 Å². The minimum absolute atomic E-state index is 0.0245. The number of para-hydroxylation sites is 2. The minimum atomic E-state index is -0.567. The van der Waals surface area contributed by atoms with Crippen molar-refractivity contribution in [1.82, 2.24) is 0 Å². The highest BCUT2D eigenvalue weighted by Gasteiger charge is 2.27. The van der Waals surface area contributed by atoms with Crippen LogP contribution in [0.4, 0.5) is 11.4 Å². The number of esters is 1. The van der Waals surface area contributed by atoms with Crippen LogP contribution < -0.4 is 10.6 Å². The van der Waals surface area contributed by atoms with Crippen molar-refractivity contribution in [2.24, 2.45) is 0 Å². The first kappa shape index (κ1) is 10.5. The Bertz CT molecular complexity index is 431. The lowest BCUT2D eigenvalue weighted by Gasteiger charge is -2.25. The van der Waals surface area contributed by atoms with Crippen molar-refractivity contribution in [2.45, 2.75) is 12.5 Å². The molecule has 1 aliphatic heterocycles. The molecule has 0 bridgehead atoms. The van der Waals surface area contributed by atoms with Crippen molar-refractivity contribution in [3.63, 3.8) is 0 Å². The van der Waals surface area contributed by atoms with Gasteiger partial charge in [0.15, 0.2) is 0 Å². The van der Waals surface area contributed by atoms with Gasteiger partial charge in [0.2, 0.25) is 5.91 Å². The minimum Gasteiger partial charge on any atom is -0.469 e. The van der Waals surface area contributed by atoms with Gasteiger partial charge in [-0.05, 0) is 12.1 Å². The monoisotopic (exact) mass is 220 g/mol. The van der Waals surface area contributed by atoms with Gasteiger partial charge in [-0.25, -0.2) is 0 Å². The SMILES string of the molecule is COC(=O)C[C@@H]1Nc2ccccc2NC1=O. The fourth-order valence-corrected chi connectivity index (χ4v) is 1.58. The topological polar surface area (TPSA) is 67.4 Å². The summed E-state index contributed by atoms with van der Waals surface area (Å²) in [6.07, 6.45) is 0.0245. The van der Waals surface area contributed by atoms with Gasteiger partial charge < -0.3 is 15.4 Å². The highest BCUT2D eigenvalue weighted by atomic mass is 16.5. The summed E-state index contributed by atoms with van der Waals surface area (Å²) in [5, 5.41) is 5.73. The van der Waals surface area contributed by atoms with Crippen LogP contribution in [0, 0.1) is 0 Å². The number of nitrogens with one attached hydrogen (secondary N) is 2. The van der Waals surface area contributed by atoms with Crippen LogP contribution in [0.1, 0.15) is 6.42 Å². The molecule has 0 saturated heterocycles. The van der Waals surface area contributed by atoms with E-state index in [1.165, 1.54) is 7.11 Å². The van der Waals surface area contributed by atoms with Crippen molar-refractivity contribution in [2.75, 3.05) is 17.7 Å². The molecular formula is C11H12N2O3. The summed E-state index contributed by atoms with van der Waals surface area (Å²) in [4.78, 5) is 22.7. The summed E-state index contributed by atoms with van der Waals surface area (Å²) in [6.45, 7) is 0. The first-order chi connectivity index (χ1) is 7.70. The Morgan fingerprint density at radius 3 is 2.75 bits per heavy atom. The molecule has 0 unspecified atom stereocenters. The number of rotatable bonds is 2. The third-order valence-electron chi connectivity index (χ3n) is 2.43. The average molecular weight is 220 g/mol. The maximum atomic E-state index is 11.6. The summed E-state index contributed by atoms with van der Waals surface area (Å²) in [7, 11) is 1.30. The highest BCUT2D eigenvalue weighted by molar-refractivity contribution is 6.04. The van der Waals surface area contributed by atoms with Crippen LogP contribution in [-0.4, -0.2) is 25.0 Å². The van der Waals surface area contributed by atoms with Crippen LogP contribution >= 0.6 is 0 Å². The van der Waals surface area contributed by atoms with E-state index in [4.69, 9.17) is 0 Å². The van der Waals surface area contributed by atoms with Gasteiger partial charge in [-0.15, -0.1) is 0 Å². The molecule has 1 heterocycles. The normalized spacial score (nSPS) is 18.1. The highest BCUT2D eigenvalue weighted by Crippen LogP contribution is 2.26. The van der Waals surface area contributed by atoms with E-state index in [9.17, 15) is 9.59 Å². The second-order valence-corrected chi connectivity index (χ2v) is 3.51. The number of amides is 1. The Hall–Kier alpha value is -2.04. The molecule has 1 aromatic rings. The molecule has 5 nitrogen and oxygen atoms in total. The second kappa shape index (κ2) is 4.22. The quantitative estimate of drug-likeness (QED) is 0.729. The summed E-state index contributed by atoms with van der Waals surface area (Å²) in [5.74, 6) is -0.629. The maximum absolute atomic E-state index is 11.6. The fraction of sp³-hybridized carbons (Fsp3) is 0.273. The number of methoxy groups -OCH3 is 1. The number of fused-ring (bicyclic) bond motifs is 1. The number of carbonyl (C=O) groups excluding carboxylic acids is 2. The third kappa shape index (κ3) is 1.98. The van der Waals surface area contributed by atoms with Gasteiger partial charge in [0.25, 0.3) is 0 Å². The van der Waals surface area contributed by atoms with Crippen molar-refractivity contribution in [3.8, 4) is 0 Å². The molecule has 0 radical (unpaired) electrons. The molecule has 2 N–H and O–H groups in total. The molecule has 0 aromatic heterocycles. The molecule has 0 spiro atoms. The molecule has 1 aliphatic rings. The molecule has 84 valence electrons. The van der Waals surface area contributed by atoms with Crippen molar-refractivity contribution < 1.29 is 14.3 Å². The number of hydrogen-bond acceptors (Lipinski definition) is 4. The average Bonchev–Trinajstić information content (AvgIpc) is 2.30. The third-order valence-corrected chi connectivity index (χ3v) is 2.43. The zero-order chi connectivity index (χ0) is 11.5. The lowest BCUT2D eigenvalue weighted by Crippen LogP contribution is -2.40. The number of hydrogen-bond donors (Lipinski definition) is 2. The Labute approximate surface area is 92.8 Å². The first-order valence-corrected chi connectivity index (χ1v) is 4.94. The van der Waals surface area contributed by atoms with Gasteiger partial charge in [-0.2, -0.15) is 0 Å². The van der Waals surface area contributed by atoms with E-state index >= 15 is 0 Å². The largest absolute Gasteiger partial charge is 0.469 e. The summed E-state index contributed by atoms with van der Waals surface area (Å²) in [6, 6.07) is 6.77. The summed E-state index contributed by atoms with van der Waals surface area (Å²) < 4.78 is 4.53. The molecule has 1 atom stereocenters. The van der Waals surface area contributed by atoms with E-state index in [1.54, 1.807) is 6.07 Å². The van der Waals surface area contributed by atoms with E-state index in [0.29, 0.717) is 0 Å². The maximum Gasteiger partial charge on any atom is 0.308 e. The zero-order valence-corrected chi connectivity index (χ0v) is 8.82. The van der Waals surface area contributed by atoms with Gasteiger partial charge in [0, 0.05) is 0 Å². The lowest BCUT2D eigenvalue weighted by molar-refractivity contribution is -0.142. The summed E-state index contributed by atoms with van der Waals surface area (Å²) >= 11 is 0. The molecular weight excluding hydrogens is 208 g/mol. The summed E-state index contributed by atoms with van der Waals surface area (Å²) in [5.41, 5.74) is 1.55. The Balaban J connectivity index is 2.15. The van der Waals surface area contributed by atoms with Gasteiger partial charge in [0.05, 0.1) is 24.9 Å². The van der Waals surface area contributed by atoms with E-state index < -0.39 is 12.0 Å². The van der Waals surface area contributed by atoms with Crippen LogP contribution in [0.25, 0.3) is 0 Å². The van der Waals surface area contributed by atoms with Gasteiger partial charge in [0.1, 0.15) is 6.04 Å². The molecule has 0 fully saturated rings. The second-order valence-electron chi connectivity index (χ2n) is 3.51. The Morgan fingerprint density at radius 1 is 1.38 bits per heavy atom. The fourth-order valence-electron chi connectivity index (χ4n) is 1.58. The van der Waals surface area contributed by atoms with Gasteiger partial charge in [-0.3, -0.25) is 9.59 Å². The van der Waals surface area contributed by atoms with Crippen LogP contribution in [0.3, 0.4) is 0 Å². The molecule has 5 heteroatoms. The first-order valence-electron chi connectivity index (χ1n) is 4.94. The predicted molar refractivity (Wildman–Crippen MR) is 59.1 cm³/mol. The Kier molecular flexibility index (Phi) is 2.76. The number of anilines is 2. The molecule has 16 heavy (non-hydrogen) atoms. The molecule has 0 saturated carbocycles. The predicted octanol–water partition coefficient (Wildman–Crippen LogP) is 0.982. The molecule has 1 amide bonds. The standard InChI is InChI=1S/C11H12N2O3/c1-16-10(14)6-9-11(15)13-8-5-3-2-4-7(8)12-9/h2-5,9,12H,6H2,1H3,(H,13,15)/t9-/m0/s1. The van der Waals surface area contributed by atoms with Crippen molar-refractivity contribution >= 4 is 23.3 Å². The van der Waals surface area contributed by atoms with Crippen LogP contribution in [0.15, 0.2) is 24.3 Å². The van der Waals surface area contributed by atoms with Gasteiger partial charge >= 0.3 is 5.97 Å². The Morgan fingerprint density at radius 2 is 2.06 bits per heavy atom.